The highest BCUT2D eigenvalue weighted by atomic mass is 32.2. The average molecular weight is 499 g/mol. The predicted octanol–water partition coefficient (Wildman–Crippen LogP) is 4.30. The number of thioether (sulfide) groups is 1. The Morgan fingerprint density at radius 1 is 1.21 bits per heavy atom. The first-order valence-corrected chi connectivity index (χ1v) is 13.7. The maximum Gasteiger partial charge on any atom is 0.231 e. The Morgan fingerprint density at radius 2 is 2.03 bits per heavy atom. The van der Waals surface area contributed by atoms with Gasteiger partial charge >= 0.3 is 0 Å². The minimum atomic E-state index is -0.0519. The number of nitrogens with zero attached hydrogens (tertiary/aromatic N) is 5. The van der Waals surface area contributed by atoms with E-state index >= 15 is 0 Å². The number of carbonyl (C=O) groups excluding carboxylic acids is 1. The summed E-state index contributed by atoms with van der Waals surface area (Å²) in [5.74, 6) is 1.60. The second-order valence-corrected chi connectivity index (χ2v) is 10.7. The third-order valence-corrected chi connectivity index (χ3v) is 7.99. The van der Waals surface area contributed by atoms with E-state index in [-0.39, 0.29) is 18.4 Å². The van der Waals surface area contributed by atoms with E-state index in [1.165, 1.54) is 29.7 Å². The highest BCUT2D eigenvalue weighted by Crippen LogP contribution is 2.29. The van der Waals surface area contributed by atoms with Crippen LogP contribution in [0, 0.1) is 6.92 Å². The maximum absolute atomic E-state index is 12.4. The van der Waals surface area contributed by atoms with Crippen LogP contribution in [0.5, 0.6) is 0 Å². The normalized spacial score (nSPS) is 18.0. The second kappa shape index (κ2) is 10.9. The van der Waals surface area contributed by atoms with Crippen LogP contribution in [-0.2, 0) is 28.2 Å². The molecule has 2 aliphatic rings. The summed E-state index contributed by atoms with van der Waals surface area (Å²) in [5.41, 5.74) is 2.93. The molecule has 5 rings (SSSR count). The fourth-order valence-electron chi connectivity index (χ4n) is 4.30. The number of amides is 1. The SMILES string of the molecule is Cc1ccc(NC(=O)Cc2nc(CSc3nnc(N4CCCC4)n3C[C@@H]3CCCO3)cs2)cc1. The molecule has 1 N–H and O–H groups in total. The van der Waals surface area contributed by atoms with Crippen LogP contribution in [0.2, 0.25) is 0 Å². The lowest BCUT2D eigenvalue weighted by Crippen LogP contribution is -2.25. The van der Waals surface area contributed by atoms with Crippen molar-refractivity contribution in [1.82, 2.24) is 19.7 Å². The third-order valence-electron chi connectivity index (χ3n) is 6.09. The van der Waals surface area contributed by atoms with Crippen molar-refractivity contribution in [2.24, 2.45) is 0 Å². The van der Waals surface area contributed by atoms with Crippen LogP contribution >= 0.6 is 23.1 Å². The molecule has 1 amide bonds. The van der Waals surface area contributed by atoms with Crippen molar-refractivity contribution in [1.29, 1.82) is 0 Å². The smallest absolute Gasteiger partial charge is 0.231 e. The number of benzene rings is 1. The molecule has 0 unspecified atom stereocenters. The first-order valence-electron chi connectivity index (χ1n) is 11.9. The van der Waals surface area contributed by atoms with Crippen molar-refractivity contribution in [3.8, 4) is 0 Å². The Labute approximate surface area is 208 Å². The van der Waals surface area contributed by atoms with E-state index in [9.17, 15) is 4.79 Å². The lowest BCUT2D eigenvalue weighted by Gasteiger charge is -2.20. The Kier molecular flexibility index (Phi) is 7.46. The van der Waals surface area contributed by atoms with Crippen LogP contribution in [0.25, 0.3) is 0 Å². The third kappa shape index (κ3) is 5.79. The fourth-order valence-corrected chi connectivity index (χ4v) is 6.04. The molecule has 0 saturated carbocycles. The number of aryl methyl sites for hydroxylation is 1. The summed E-state index contributed by atoms with van der Waals surface area (Å²) in [6, 6.07) is 7.81. The van der Waals surface area contributed by atoms with Gasteiger partial charge < -0.3 is 15.0 Å². The molecule has 0 radical (unpaired) electrons. The molecular formula is C24H30N6O2S2. The largest absolute Gasteiger partial charge is 0.376 e. The van der Waals surface area contributed by atoms with Crippen LogP contribution in [-0.4, -0.2) is 51.5 Å². The number of hydrogen-bond acceptors (Lipinski definition) is 8. The number of anilines is 2. The number of aromatic nitrogens is 4. The molecule has 2 fully saturated rings. The van der Waals surface area contributed by atoms with Crippen molar-refractivity contribution >= 4 is 40.6 Å². The van der Waals surface area contributed by atoms with Gasteiger partial charge in [0.15, 0.2) is 5.16 Å². The summed E-state index contributed by atoms with van der Waals surface area (Å²) >= 11 is 3.18. The Morgan fingerprint density at radius 3 is 2.79 bits per heavy atom. The van der Waals surface area contributed by atoms with Gasteiger partial charge in [-0.25, -0.2) is 4.98 Å². The fraction of sp³-hybridized carbons (Fsp3) is 0.500. The molecule has 2 aromatic heterocycles. The van der Waals surface area contributed by atoms with Crippen molar-refractivity contribution in [3.63, 3.8) is 0 Å². The molecule has 8 nitrogen and oxygen atoms in total. The molecule has 1 aromatic carbocycles. The van der Waals surface area contributed by atoms with Gasteiger partial charge in [0.05, 0.1) is 24.8 Å². The van der Waals surface area contributed by atoms with Gasteiger partial charge in [-0.1, -0.05) is 29.5 Å². The maximum atomic E-state index is 12.4. The van der Waals surface area contributed by atoms with E-state index in [1.807, 2.05) is 36.6 Å². The van der Waals surface area contributed by atoms with Gasteiger partial charge in [0.25, 0.3) is 0 Å². The van der Waals surface area contributed by atoms with Crippen molar-refractivity contribution in [3.05, 3.63) is 45.9 Å². The molecule has 3 aromatic rings. The summed E-state index contributed by atoms with van der Waals surface area (Å²) < 4.78 is 8.13. The zero-order chi connectivity index (χ0) is 23.3. The summed E-state index contributed by atoms with van der Waals surface area (Å²) in [4.78, 5) is 19.4. The van der Waals surface area contributed by atoms with Gasteiger partial charge in [0.2, 0.25) is 11.9 Å². The molecule has 4 heterocycles. The second-order valence-electron chi connectivity index (χ2n) is 8.83. The Bertz CT molecular complexity index is 1100. The lowest BCUT2D eigenvalue weighted by atomic mass is 10.2. The predicted molar refractivity (Wildman–Crippen MR) is 136 cm³/mol. The average Bonchev–Trinajstić information content (AvgIpc) is 3.63. The molecule has 1 atom stereocenters. The molecule has 0 spiro atoms. The summed E-state index contributed by atoms with van der Waals surface area (Å²) in [5, 5.41) is 15.7. The van der Waals surface area contributed by atoms with Crippen LogP contribution < -0.4 is 10.2 Å². The quantitative estimate of drug-likeness (QED) is 0.440. The minimum absolute atomic E-state index is 0.0519. The first-order chi connectivity index (χ1) is 16.6. The molecule has 180 valence electrons. The van der Waals surface area contributed by atoms with E-state index in [0.29, 0.717) is 5.75 Å². The van der Waals surface area contributed by atoms with E-state index in [1.54, 1.807) is 11.8 Å². The highest BCUT2D eigenvalue weighted by Gasteiger charge is 2.25. The highest BCUT2D eigenvalue weighted by molar-refractivity contribution is 7.98. The van der Waals surface area contributed by atoms with E-state index in [0.717, 1.165) is 66.6 Å². The van der Waals surface area contributed by atoms with Gasteiger partial charge in [0.1, 0.15) is 5.01 Å². The van der Waals surface area contributed by atoms with E-state index < -0.39 is 0 Å². The lowest BCUT2D eigenvalue weighted by molar-refractivity contribution is -0.115. The van der Waals surface area contributed by atoms with Crippen LogP contribution in [0.15, 0.2) is 34.8 Å². The molecule has 34 heavy (non-hydrogen) atoms. The molecular weight excluding hydrogens is 468 g/mol. The molecule has 0 aliphatic carbocycles. The van der Waals surface area contributed by atoms with Gasteiger partial charge in [-0.2, -0.15) is 0 Å². The van der Waals surface area contributed by atoms with Gasteiger partial charge in [-0.05, 0) is 44.7 Å². The molecule has 10 heteroatoms. The standard InChI is InChI=1S/C24H30N6O2S2/c1-17-6-8-18(9-7-17)25-21(31)13-22-26-19(15-33-22)16-34-24-28-27-23(29-10-2-3-11-29)30(24)14-20-5-4-12-32-20/h6-9,15,20H,2-5,10-14,16H2,1H3,(H,25,31)/t20-/m0/s1. The number of hydrogen-bond donors (Lipinski definition) is 1. The molecule has 2 aliphatic heterocycles. The van der Waals surface area contributed by atoms with E-state index in [2.05, 4.69) is 30.0 Å². The van der Waals surface area contributed by atoms with Gasteiger partial charge in [-0.3, -0.25) is 9.36 Å². The zero-order valence-electron chi connectivity index (χ0n) is 19.4. The van der Waals surface area contributed by atoms with Crippen molar-refractivity contribution in [2.45, 2.75) is 62.6 Å². The molecule has 0 bridgehead atoms. The minimum Gasteiger partial charge on any atom is -0.376 e. The Hall–Kier alpha value is -2.43. The monoisotopic (exact) mass is 498 g/mol. The number of thiazole rings is 1. The van der Waals surface area contributed by atoms with Crippen LogP contribution in [0.3, 0.4) is 0 Å². The number of carbonyl (C=O) groups is 1. The summed E-state index contributed by atoms with van der Waals surface area (Å²) in [7, 11) is 0. The van der Waals surface area contributed by atoms with Crippen LogP contribution in [0.1, 0.15) is 41.9 Å². The topological polar surface area (TPSA) is 85.2 Å². The number of ether oxygens (including phenoxy) is 1. The summed E-state index contributed by atoms with van der Waals surface area (Å²) in [6.45, 7) is 5.73. The van der Waals surface area contributed by atoms with Gasteiger partial charge in [-0.15, -0.1) is 21.5 Å². The Balaban J connectivity index is 1.20. The first kappa shape index (κ1) is 23.3. The number of rotatable bonds is 9. The van der Waals surface area contributed by atoms with Crippen LogP contribution in [0.4, 0.5) is 11.6 Å². The van der Waals surface area contributed by atoms with Crippen molar-refractivity contribution < 1.29 is 9.53 Å². The van der Waals surface area contributed by atoms with Gasteiger partial charge in [0, 0.05) is 36.5 Å². The summed E-state index contributed by atoms with van der Waals surface area (Å²) in [6.07, 6.45) is 5.12. The van der Waals surface area contributed by atoms with Crippen molar-refractivity contribution in [2.75, 3.05) is 29.9 Å². The zero-order valence-corrected chi connectivity index (χ0v) is 21.0. The number of nitrogens with one attached hydrogen (secondary N) is 1. The van der Waals surface area contributed by atoms with E-state index in [4.69, 9.17) is 4.74 Å². The molecule has 2 saturated heterocycles.